The van der Waals surface area contributed by atoms with E-state index in [2.05, 4.69) is 26.2 Å². The van der Waals surface area contributed by atoms with Crippen LogP contribution in [0.2, 0.25) is 5.15 Å². The van der Waals surface area contributed by atoms with Crippen LogP contribution in [0.15, 0.2) is 46.9 Å². The molecular weight excluding hydrogens is 592 g/mol. The van der Waals surface area contributed by atoms with Crippen LogP contribution in [0.25, 0.3) is 10.9 Å². The van der Waals surface area contributed by atoms with Crippen LogP contribution < -0.4 is 5.32 Å². The molecule has 0 aliphatic heterocycles. The number of nitrogens with zero attached hydrogens (tertiary/aromatic N) is 1. The Morgan fingerprint density at radius 3 is 2.55 bits per heavy atom. The van der Waals surface area contributed by atoms with Gasteiger partial charge in [-0.2, -0.15) is 13.2 Å². The average molecular weight is 618 g/mol. The lowest BCUT2D eigenvalue weighted by Gasteiger charge is -2.23. The number of carbonyl (C=O) groups is 2. The number of fused-ring (bicyclic) bond motifs is 1. The van der Waals surface area contributed by atoms with Crippen molar-refractivity contribution in [2.24, 2.45) is 0 Å². The van der Waals surface area contributed by atoms with Crippen molar-refractivity contribution in [2.75, 3.05) is 6.54 Å². The summed E-state index contributed by atoms with van der Waals surface area (Å²) in [7, 11) is 0. The van der Waals surface area contributed by atoms with E-state index < -0.39 is 35.9 Å². The first kappa shape index (κ1) is 29.8. The molecule has 38 heavy (non-hydrogen) atoms. The minimum Gasteiger partial charge on any atom is -0.431 e. The van der Waals surface area contributed by atoms with Gasteiger partial charge in [0.1, 0.15) is 5.15 Å². The smallest absolute Gasteiger partial charge is 0.416 e. The first-order valence-corrected chi connectivity index (χ1v) is 13.1. The fourth-order valence-electron chi connectivity index (χ4n) is 4.16. The molecule has 1 heterocycles. The quantitative estimate of drug-likeness (QED) is 0.143. The number of carbonyl (C=O) groups excluding carboxylic acids is 2. The highest BCUT2D eigenvalue weighted by molar-refractivity contribution is 9.10. The zero-order valence-electron chi connectivity index (χ0n) is 20.7. The molecule has 5 nitrogen and oxygen atoms in total. The largest absolute Gasteiger partial charge is 0.431 e. The predicted octanol–water partition coefficient (Wildman–Crippen LogP) is 7.91. The van der Waals surface area contributed by atoms with E-state index in [1.165, 1.54) is 18.2 Å². The fraction of sp³-hybridized carbons (Fsp3) is 0.370. The van der Waals surface area contributed by atoms with Gasteiger partial charge in [0.2, 0.25) is 6.36 Å². The molecule has 0 aliphatic carbocycles. The van der Waals surface area contributed by atoms with Gasteiger partial charge in [-0.25, -0.2) is 9.37 Å². The molecule has 3 rings (SSSR count). The fourth-order valence-corrected chi connectivity index (χ4v) is 4.70. The Kier molecular flexibility index (Phi) is 10.1. The minimum absolute atomic E-state index is 0.0278. The van der Waals surface area contributed by atoms with Crippen molar-refractivity contribution in [1.29, 1.82) is 0 Å². The van der Waals surface area contributed by atoms with E-state index in [1.54, 1.807) is 32.0 Å². The SMILES string of the molecule is CCCC(F)OC(=O)CCC(CNC(=O)c1c(C)c(Cl)nc2ccc(Br)cc12)c1ccccc1C(F)(F)F. The molecule has 1 amide bonds. The number of benzene rings is 2. The van der Waals surface area contributed by atoms with Gasteiger partial charge in [0.15, 0.2) is 0 Å². The number of hydrogen-bond donors (Lipinski definition) is 1. The summed E-state index contributed by atoms with van der Waals surface area (Å²) in [6, 6.07) is 10.1. The molecule has 1 aromatic heterocycles. The number of nitrogens with one attached hydrogen (secondary N) is 1. The van der Waals surface area contributed by atoms with Gasteiger partial charge in [-0.05, 0) is 55.2 Å². The lowest BCUT2D eigenvalue weighted by atomic mass is 9.89. The normalized spacial score (nSPS) is 13.3. The van der Waals surface area contributed by atoms with Gasteiger partial charge in [0.25, 0.3) is 5.91 Å². The van der Waals surface area contributed by atoms with Crippen LogP contribution in [-0.2, 0) is 15.7 Å². The summed E-state index contributed by atoms with van der Waals surface area (Å²) in [5, 5.41) is 3.34. The van der Waals surface area contributed by atoms with Crippen molar-refractivity contribution in [3.8, 4) is 0 Å². The van der Waals surface area contributed by atoms with Crippen LogP contribution in [-0.4, -0.2) is 29.8 Å². The van der Waals surface area contributed by atoms with Gasteiger partial charge < -0.3 is 10.1 Å². The molecule has 0 radical (unpaired) electrons. The molecule has 2 aromatic carbocycles. The number of halogens is 6. The molecule has 0 saturated carbocycles. The Morgan fingerprint density at radius 2 is 1.87 bits per heavy atom. The van der Waals surface area contributed by atoms with Crippen LogP contribution in [0.5, 0.6) is 0 Å². The number of esters is 1. The molecule has 0 fully saturated rings. The number of ether oxygens (including phenoxy) is 1. The Balaban J connectivity index is 1.90. The topological polar surface area (TPSA) is 68.3 Å². The van der Waals surface area contributed by atoms with Crippen LogP contribution >= 0.6 is 27.5 Å². The number of aromatic nitrogens is 1. The molecule has 0 spiro atoms. The van der Waals surface area contributed by atoms with E-state index in [1.807, 2.05) is 0 Å². The molecule has 1 N–H and O–H groups in total. The summed E-state index contributed by atoms with van der Waals surface area (Å²) in [5.74, 6) is -2.33. The maximum atomic E-state index is 13.8. The predicted molar refractivity (Wildman–Crippen MR) is 141 cm³/mol. The van der Waals surface area contributed by atoms with E-state index in [4.69, 9.17) is 16.3 Å². The van der Waals surface area contributed by atoms with Gasteiger partial charge in [-0.1, -0.05) is 52.7 Å². The van der Waals surface area contributed by atoms with Gasteiger partial charge in [-0.15, -0.1) is 0 Å². The summed E-state index contributed by atoms with van der Waals surface area (Å²) < 4.78 is 60.5. The lowest BCUT2D eigenvalue weighted by molar-refractivity contribution is -0.158. The first-order chi connectivity index (χ1) is 17.9. The first-order valence-electron chi connectivity index (χ1n) is 12.0. The third-order valence-electron chi connectivity index (χ3n) is 6.04. The summed E-state index contributed by atoms with van der Waals surface area (Å²) in [4.78, 5) is 29.8. The maximum absolute atomic E-state index is 13.8. The van der Waals surface area contributed by atoms with E-state index >= 15 is 0 Å². The Labute approximate surface area is 231 Å². The van der Waals surface area contributed by atoms with Crippen LogP contribution in [0.4, 0.5) is 17.6 Å². The second-order valence-electron chi connectivity index (χ2n) is 8.78. The number of pyridine rings is 1. The molecule has 0 aliphatic rings. The van der Waals surface area contributed by atoms with Crippen molar-refractivity contribution >= 4 is 50.3 Å². The van der Waals surface area contributed by atoms with Crippen molar-refractivity contribution < 1.29 is 31.9 Å². The van der Waals surface area contributed by atoms with Crippen LogP contribution in [0.3, 0.4) is 0 Å². The van der Waals surface area contributed by atoms with E-state index in [0.717, 1.165) is 6.07 Å². The van der Waals surface area contributed by atoms with Crippen LogP contribution in [0, 0.1) is 6.92 Å². The number of hydrogen-bond acceptors (Lipinski definition) is 4. The van der Waals surface area contributed by atoms with E-state index in [-0.39, 0.29) is 42.1 Å². The summed E-state index contributed by atoms with van der Waals surface area (Å²) >= 11 is 9.61. The number of rotatable bonds is 10. The lowest BCUT2D eigenvalue weighted by Crippen LogP contribution is -2.30. The van der Waals surface area contributed by atoms with Gasteiger partial charge in [-0.3, -0.25) is 9.59 Å². The maximum Gasteiger partial charge on any atom is 0.416 e. The van der Waals surface area contributed by atoms with Crippen molar-refractivity contribution in [1.82, 2.24) is 10.3 Å². The highest BCUT2D eigenvalue weighted by Crippen LogP contribution is 2.37. The second kappa shape index (κ2) is 12.9. The summed E-state index contributed by atoms with van der Waals surface area (Å²) in [5.41, 5.74) is 0.164. The van der Waals surface area contributed by atoms with Gasteiger partial charge in [0, 0.05) is 35.2 Å². The number of alkyl halides is 4. The molecule has 0 saturated heterocycles. The average Bonchev–Trinajstić information content (AvgIpc) is 2.84. The standard InChI is InChI=1S/C27H26BrClF4N2O3/c1-3-6-22(30)38-23(36)12-9-16(18-7-4-5-8-20(18)27(31,32)33)14-34-26(37)24-15(2)25(29)35-21-11-10-17(28)13-19(21)24/h4-5,7-8,10-11,13,16,22H,3,6,9,12,14H2,1-2H3,(H,34,37). The van der Waals surface area contributed by atoms with Crippen molar-refractivity contribution in [2.45, 2.75) is 58.0 Å². The molecule has 2 unspecified atom stereocenters. The minimum atomic E-state index is -4.65. The third-order valence-corrected chi connectivity index (χ3v) is 6.91. The Hall–Kier alpha value is -2.72. The summed E-state index contributed by atoms with van der Waals surface area (Å²) in [6.45, 7) is 3.13. The molecule has 204 valence electrons. The number of amides is 1. The third kappa shape index (κ3) is 7.44. The zero-order chi connectivity index (χ0) is 28.0. The Morgan fingerprint density at radius 1 is 1.16 bits per heavy atom. The monoisotopic (exact) mass is 616 g/mol. The highest BCUT2D eigenvalue weighted by Gasteiger charge is 2.35. The van der Waals surface area contributed by atoms with E-state index in [0.29, 0.717) is 27.4 Å². The Bertz CT molecular complexity index is 1320. The van der Waals surface area contributed by atoms with Gasteiger partial charge in [0.05, 0.1) is 16.6 Å². The second-order valence-corrected chi connectivity index (χ2v) is 10.1. The van der Waals surface area contributed by atoms with Crippen molar-refractivity contribution in [3.63, 3.8) is 0 Å². The zero-order valence-corrected chi connectivity index (χ0v) is 23.0. The molecular formula is C27H26BrClF4N2O3. The van der Waals surface area contributed by atoms with Gasteiger partial charge >= 0.3 is 12.1 Å². The summed E-state index contributed by atoms with van der Waals surface area (Å²) in [6.07, 6.45) is -6.37. The highest BCUT2D eigenvalue weighted by atomic mass is 79.9. The molecule has 2 atom stereocenters. The van der Waals surface area contributed by atoms with Crippen LogP contribution in [0.1, 0.15) is 65.6 Å². The van der Waals surface area contributed by atoms with E-state index in [9.17, 15) is 27.2 Å². The molecule has 0 bridgehead atoms. The molecule has 11 heteroatoms. The van der Waals surface area contributed by atoms with Crippen molar-refractivity contribution in [3.05, 3.63) is 74.3 Å². The molecule has 3 aromatic rings.